The molecule has 5 nitrogen and oxygen atoms in total. The van der Waals surface area contributed by atoms with Gasteiger partial charge in [-0.15, -0.1) is 0 Å². The molecule has 0 aliphatic rings. The molecule has 0 saturated carbocycles. The Balaban J connectivity index is 2.07. The van der Waals surface area contributed by atoms with Crippen molar-refractivity contribution in [3.05, 3.63) is 56.7 Å². The number of carbonyl (C=O) groups excluding carboxylic acids is 1. The van der Waals surface area contributed by atoms with Crippen molar-refractivity contribution in [1.82, 2.24) is 10.4 Å². The molecule has 0 spiro atoms. The van der Waals surface area contributed by atoms with E-state index in [1.165, 1.54) is 6.20 Å². The fourth-order valence-corrected chi connectivity index (χ4v) is 3.12. The minimum absolute atomic E-state index is 0.314. The van der Waals surface area contributed by atoms with Gasteiger partial charge in [-0.1, -0.05) is 0 Å². The molecule has 2 aromatic rings. The number of ether oxygens (including phenoxy) is 1. The number of rotatable bonds is 4. The van der Waals surface area contributed by atoms with Crippen LogP contribution in [0.5, 0.6) is 5.75 Å². The third-order valence-electron chi connectivity index (χ3n) is 2.53. The molecular formula is C14H11Br2N3O2. The van der Waals surface area contributed by atoms with Gasteiger partial charge in [0.1, 0.15) is 5.75 Å². The average Bonchev–Trinajstić information content (AvgIpc) is 2.48. The molecule has 0 aliphatic heterocycles. The molecule has 0 unspecified atom stereocenters. The predicted molar refractivity (Wildman–Crippen MR) is 87.7 cm³/mol. The van der Waals surface area contributed by atoms with E-state index in [1.807, 2.05) is 12.1 Å². The van der Waals surface area contributed by atoms with Crippen LogP contribution in [0.25, 0.3) is 0 Å². The van der Waals surface area contributed by atoms with E-state index in [0.29, 0.717) is 11.3 Å². The molecule has 21 heavy (non-hydrogen) atoms. The Labute approximate surface area is 138 Å². The first-order valence-electron chi connectivity index (χ1n) is 5.88. The van der Waals surface area contributed by atoms with Crippen LogP contribution in [0, 0.1) is 0 Å². The summed E-state index contributed by atoms with van der Waals surface area (Å²) in [6.07, 6.45) is 4.63. The molecule has 1 heterocycles. The van der Waals surface area contributed by atoms with Crippen molar-refractivity contribution in [2.45, 2.75) is 0 Å². The molecule has 0 aliphatic carbocycles. The Morgan fingerprint density at radius 1 is 1.38 bits per heavy atom. The second-order valence-corrected chi connectivity index (χ2v) is 5.67. The van der Waals surface area contributed by atoms with E-state index in [4.69, 9.17) is 4.74 Å². The molecule has 7 heteroatoms. The van der Waals surface area contributed by atoms with E-state index >= 15 is 0 Å². The molecule has 1 N–H and O–H groups in total. The highest BCUT2D eigenvalue weighted by Gasteiger charge is 2.07. The Morgan fingerprint density at radius 2 is 2.10 bits per heavy atom. The van der Waals surface area contributed by atoms with Gasteiger partial charge in [-0.3, -0.25) is 9.78 Å². The molecule has 1 aromatic heterocycles. The van der Waals surface area contributed by atoms with Crippen molar-refractivity contribution in [2.75, 3.05) is 7.11 Å². The number of nitrogens with one attached hydrogen (secondary N) is 1. The SMILES string of the molecule is COc1c(Br)cc(C=NNC(=O)c2cccnc2)cc1Br. The van der Waals surface area contributed by atoms with Gasteiger partial charge in [0.15, 0.2) is 0 Å². The van der Waals surface area contributed by atoms with Crippen molar-refractivity contribution in [3.8, 4) is 5.75 Å². The lowest BCUT2D eigenvalue weighted by Crippen LogP contribution is -2.17. The second-order valence-electron chi connectivity index (χ2n) is 3.96. The van der Waals surface area contributed by atoms with Crippen molar-refractivity contribution in [1.29, 1.82) is 0 Å². The first kappa shape index (κ1) is 15.7. The van der Waals surface area contributed by atoms with Crippen molar-refractivity contribution >= 4 is 44.0 Å². The van der Waals surface area contributed by atoms with Crippen LogP contribution in [0.3, 0.4) is 0 Å². The van der Waals surface area contributed by atoms with Crippen LogP contribution >= 0.6 is 31.9 Å². The third-order valence-corrected chi connectivity index (χ3v) is 3.71. The molecular weight excluding hydrogens is 402 g/mol. The number of halogens is 2. The maximum Gasteiger partial charge on any atom is 0.272 e. The highest BCUT2D eigenvalue weighted by atomic mass is 79.9. The van der Waals surface area contributed by atoms with Gasteiger partial charge < -0.3 is 4.74 Å². The highest BCUT2D eigenvalue weighted by Crippen LogP contribution is 2.33. The van der Waals surface area contributed by atoms with E-state index in [9.17, 15) is 4.79 Å². The fourth-order valence-electron chi connectivity index (χ4n) is 1.58. The summed E-state index contributed by atoms with van der Waals surface area (Å²) in [6, 6.07) is 7.03. The zero-order valence-corrected chi connectivity index (χ0v) is 14.2. The summed E-state index contributed by atoms with van der Waals surface area (Å²) in [5, 5.41) is 3.92. The number of aromatic nitrogens is 1. The normalized spacial score (nSPS) is 10.6. The maximum absolute atomic E-state index is 11.8. The van der Waals surface area contributed by atoms with Crippen LogP contribution in [0.2, 0.25) is 0 Å². The van der Waals surface area contributed by atoms with E-state index in [2.05, 4.69) is 47.4 Å². The molecule has 1 aromatic carbocycles. The second kappa shape index (κ2) is 7.33. The van der Waals surface area contributed by atoms with E-state index in [-0.39, 0.29) is 5.91 Å². The van der Waals surface area contributed by atoms with Gasteiger partial charge in [0.25, 0.3) is 5.91 Å². The lowest BCUT2D eigenvalue weighted by Gasteiger charge is -2.06. The Bertz CT molecular complexity index is 652. The summed E-state index contributed by atoms with van der Waals surface area (Å²) in [7, 11) is 1.59. The van der Waals surface area contributed by atoms with Crippen molar-refractivity contribution in [2.24, 2.45) is 5.10 Å². The predicted octanol–water partition coefficient (Wildman–Crippen LogP) is 3.38. The van der Waals surface area contributed by atoms with Gasteiger partial charge in [0.05, 0.1) is 27.8 Å². The van der Waals surface area contributed by atoms with Crippen LogP contribution in [0.15, 0.2) is 50.7 Å². The van der Waals surface area contributed by atoms with Gasteiger partial charge in [-0.25, -0.2) is 5.43 Å². The number of carbonyl (C=O) groups is 1. The summed E-state index contributed by atoms with van der Waals surface area (Å²) < 4.78 is 6.80. The topological polar surface area (TPSA) is 63.6 Å². The molecule has 0 bridgehead atoms. The number of amides is 1. The zero-order chi connectivity index (χ0) is 15.2. The molecule has 0 radical (unpaired) electrons. The number of benzene rings is 1. The maximum atomic E-state index is 11.8. The Kier molecular flexibility index (Phi) is 5.46. The molecule has 2 rings (SSSR count). The molecule has 1 amide bonds. The van der Waals surface area contributed by atoms with Gasteiger partial charge in [-0.05, 0) is 61.7 Å². The van der Waals surface area contributed by atoms with Crippen LogP contribution in [0.4, 0.5) is 0 Å². The highest BCUT2D eigenvalue weighted by molar-refractivity contribution is 9.11. The number of hydrogen-bond donors (Lipinski definition) is 1. The van der Waals surface area contributed by atoms with E-state index in [0.717, 1.165) is 14.5 Å². The van der Waals surface area contributed by atoms with Gasteiger partial charge in [-0.2, -0.15) is 5.10 Å². The van der Waals surface area contributed by atoms with Gasteiger partial charge in [0.2, 0.25) is 0 Å². The minimum Gasteiger partial charge on any atom is -0.494 e. The summed E-state index contributed by atoms with van der Waals surface area (Å²) in [4.78, 5) is 15.6. The molecule has 0 atom stereocenters. The average molecular weight is 413 g/mol. The molecule has 0 fully saturated rings. The number of hydrogen-bond acceptors (Lipinski definition) is 4. The lowest BCUT2D eigenvalue weighted by molar-refractivity contribution is 0.0955. The standard InChI is InChI=1S/C14H11Br2N3O2/c1-21-13-11(15)5-9(6-12(13)16)7-18-19-14(20)10-3-2-4-17-8-10/h2-8H,1H3,(H,19,20). The third kappa shape index (κ3) is 4.12. The quantitative estimate of drug-likeness (QED) is 0.618. The lowest BCUT2D eigenvalue weighted by atomic mass is 10.2. The zero-order valence-electron chi connectivity index (χ0n) is 11.0. The van der Waals surface area contributed by atoms with E-state index < -0.39 is 0 Å². The summed E-state index contributed by atoms with van der Waals surface area (Å²) in [5.41, 5.74) is 3.70. The van der Waals surface area contributed by atoms with Gasteiger partial charge >= 0.3 is 0 Å². The van der Waals surface area contributed by atoms with Crippen LogP contribution in [0.1, 0.15) is 15.9 Å². The van der Waals surface area contributed by atoms with Crippen LogP contribution < -0.4 is 10.2 Å². The number of hydrazone groups is 1. The number of methoxy groups -OCH3 is 1. The van der Waals surface area contributed by atoms with Gasteiger partial charge in [0, 0.05) is 12.4 Å². The first-order chi connectivity index (χ1) is 10.1. The fraction of sp³-hybridized carbons (Fsp3) is 0.0714. The van der Waals surface area contributed by atoms with E-state index in [1.54, 1.807) is 31.7 Å². The summed E-state index contributed by atoms with van der Waals surface area (Å²) in [6.45, 7) is 0. The minimum atomic E-state index is -0.314. The number of nitrogens with zero attached hydrogens (tertiary/aromatic N) is 2. The van der Waals surface area contributed by atoms with Crippen LogP contribution in [-0.2, 0) is 0 Å². The molecule has 0 saturated heterocycles. The Hall–Kier alpha value is -1.73. The molecule has 108 valence electrons. The number of pyridine rings is 1. The Morgan fingerprint density at radius 3 is 2.67 bits per heavy atom. The van der Waals surface area contributed by atoms with Crippen molar-refractivity contribution in [3.63, 3.8) is 0 Å². The monoisotopic (exact) mass is 411 g/mol. The summed E-state index contributed by atoms with van der Waals surface area (Å²) in [5.74, 6) is 0.387. The summed E-state index contributed by atoms with van der Waals surface area (Å²) >= 11 is 6.81. The van der Waals surface area contributed by atoms with Crippen molar-refractivity contribution < 1.29 is 9.53 Å². The first-order valence-corrected chi connectivity index (χ1v) is 7.47. The smallest absolute Gasteiger partial charge is 0.272 e. The largest absolute Gasteiger partial charge is 0.494 e. The van der Waals surface area contributed by atoms with Crippen LogP contribution in [-0.4, -0.2) is 24.2 Å².